The first-order valence-corrected chi connectivity index (χ1v) is 11.4. The second-order valence-corrected chi connectivity index (χ2v) is 9.55. The molecule has 0 saturated carbocycles. The van der Waals surface area contributed by atoms with E-state index in [1.165, 1.54) is 16.4 Å². The van der Waals surface area contributed by atoms with Gasteiger partial charge in [-0.2, -0.15) is 4.31 Å². The number of rotatable bonds is 7. The molecule has 1 N–H and O–H groups in total. The Morgan fingerprint density at radius 1 is 1.03 bits per heavy atom. The van der Waals surface area contributed by atoms with Crippen molar-refractivity contribution in [1.82, 2.24) is 9.62 Å². The van der Waals surface area contributed by atoms with E-state index in [4.69, 9.17) is 4.74 Å². The molecule has 1 atom stereocenters. The van der Waals surface area contributed by atoms with Gasteiger partial charge in [0.25, 0.3) is 5.91 Å². The van der Waals surface area contributed by atoms with Crippen LogP contribution >= 0.6 is 0 Å². The van der Waals surface area contributed by atoms with Crippen molar-refractivity contribution in [3.63, 3.8) is 0 Å². The molecule has 156 valence electrons. The molecule has 1 saturated heterocycles. The quantitative estimate of drug-likeness (QED) is 0.752. The summed E-state index contributed by atoms with van der Waals surface area (Å²) in [6.07, 6.45) is 0.819. The van der Waals surface area contributed by atoms with E-state index >= 15 is 0 Å². The van der Waals surface area contributed by atoms with Crippen LogP contribution in [0.2, 0.25) is 0 Å². The van der Waals surface area contributed by atoms with Gasteiger partial charge < -0.3 is 10.1 Å². The molecule has 0 aliphatic carbocycles. The third kappa shape index (κ3) is 5.44. The fourth-order valence-electron chi connectivity index (χ4n) is 3.39. The molecule has 6 nitrogen and oxygen atoms in total. The van der Waals surface area contributed by atoms with Crippen LogP contribution in [0.4, 0.5) is 0 Å². The van der Waals surface area contributed by atoms with Gasteiger partial charge in [0.05, 0.1) is 24.2 Å². The molecule has 3 rings (SSSR count). The van der Waals surface area contributed by atoms with Crippen LogP contribution in [0.5, 0.6) is 0 Å². The Balaban J connectivity index is 1.73. The molecule has 0 spiro atoms. The Hall–Kier alpha value is -2.22. The fraction of sp³-hybridized carbons (Fsp3) is 0.409. The number of amides is 1. The fourth-order valence-corrected chi connectivity index (χ4v) is 4.80. The second-order valence-electron chi connectivity index (χ2n) is 7.61. The largest absolute Gasteiger partial charge is 0.379 e. The van der Waals surface area contributed by atoms with Crippen molar-refractivity contribution in [3.8, 4) is 0 Å². The van der Waals surface area contributed by atoms with E-state index in [0.717, 1.165) is 12.0 Å². The summed E-state index contributed by atoms with van der Waals surface area (Å²) in [7, 11) is -3.56. The average Bonchev–Trinajstić information content (AvgIpc) is 2.74. The molecule has 1 fully saturated rings. The lowest BCUT2D eigenvalue weighted by atomic mass is 9.96. The molecular formula is C22H28N2O4S. The topological polar surface area (TPSA) is 75.7 Å². The van der Waals surface area contributed by atoms with Crippen LogP contribution in [0.1, 0.15) is 42.2 Å². The van der Waals surface area contributed by atoms with Crippen LogP contribution in [0.3, 0.4) is 0 Å². The normalized spacial score (nSPS) is 16.5. The summed E-state index contributed by atoms with van der Waals surface area (Å²) in [4.78, 5) is 13.0. The number of benzene rings is 2. The zero-order valence-electron chi connectivity index (χ0n) is 16.9. The van der Waals surface area contributed by atoms with Gasteiger partial charge >= 0.3 is 0 Å². The number of carbonyl (C=O) groups excluding carboxylic acids is 1. The maximum atomic E-state index is 12.8. The van der Waals surface area contributed by atoms with Gasteiger partial charge in [-0.05, 0) is 42.2 Å². The van der Waals surface area contributed by atoms with E-state index in [2.05, 4.69) is 19.2 Å². The molecule has 0 bridgehead atoms. The molecule has 1 aliphatic rings. The van der Waals surface area contributed by atoms with Crippen LogP contribution in [-0.2, 0) is 14.8 Å². The highest BCUT2D eigenvalue weighted by atomic mass is 32.2. The first-order valence-electron chi connectivity index (χ1n) is 9.91. The monoisotopic (exact) mass is 416 g/mol. The van der Waals surface area contributed by atoms with Crippen molar-refractivity contribution in [3.05, 3.63) is 65.7 Å². The molecule has 1 aliphatic heterocycles. The minimum Gasteiger partial charge on any atom is -0.379 e. The average molecular weight is 417 g/mol. The van der Waals surface area contributed by atoms with Crippen LogP contribution in [-0.4, -0.2) is 44.9 Å². The molecule has 1 amide bonds. The van der Waals surface area contributed by atoms with Gasteiger partial charge in [-0.3, -0.25) is 4.79 Å². The van der Waals surface area contributed by atoms with E-state index in [-0.39, 0.29) is 16.8 Å². The summed E-state index contributed by atoms with van der Waals surface area (Å²) in [6, 6.07) is 15.9. The molecule has 0 radical (unpaired) electrons. The third-order valence-corrected chi connectivity index (χ3v) is 6.85. The predicted octanol–water partition coefficient (Wildman–Crippen LogP) is 3.22. The Morgan fingerprint density at radius 3 is 2.24 bits per heavy atom. The van der Waals surface area contributed by atoms with Gasteiger partial charge in [0, 0.05) is 18.7 Å². The molecule has 2 aromatic carbocycles. The molecular weight excluding hydrogens is 388 g/mol. The number of morpholine rings is 1. The van der Waals surface area contributed by atoms with E-state index in [1.54, 1.807) is 12.1 Å². The lowest BCUT2D eigenvalue weighted by Crippen LogP contribution is -2.40. The van der Waals surface area contributed by atoms with Crippen molar-refractivity contribution < 1.29 is 17.9 Å². The van der Waals surface area contributed by atoms with Gasteiger partial charge in [0.2, 0.25) is 10.0 Å². The maximum absolute atomic E-state index is 12.8. The Kier molecular flexibility index (Phi) is 7.05. The van der Waals surface area contributed by atoms with Gasteiger partial charge in [0.1, 0.15) is 0 Å². The van der Waals surface area contributed by atoms with Crippen LogP contribution < -0.4 is 5.32 Å². The van der Waals surface area contributed by atoms with Crippen molar-refractivity contribution in [2.75, 3.05) is 26.3 Å². The Bertz CT molecular complexity index is 906. The standard InChI is InChI=1S/C22H28N2O4S/c1-17(2)16-21(18-6-4-3-5-7-18)23-22(25)19-8-10-20(11-9-19)29(26,27)24-12-14-28-15-13-24/h3-11,17,21H,12-16H2,1-2H3,(H,23,25). The zero-order chi connectivity index (χ0) is 20.9. The van der Waals surface area contributed by atoms with Gasteiger partial charge in [-0.25, -0.2) is 8.42 Å². The molecule has 0 aromatic heterocycles. The highest BCUT2D eigenvalue weighted by molar-refractivity contribution is 7.89. The lowest BCUT2D eigenvalue weighted by Gasteiger charge is -2.26. The SMILES string of the molecule is CC(C)CC(NC(=O)c1ccc(S(=O)(=O)N2CCOCC2)cc1)c1ccccc1. The smallest absolute Gasteiger partial charge is 0.251 e. The van der Waals surface area contributed by atoms with Crippen LogP contribution in [0.15, 0.2) is 59.5 Å². The van der Waals surface area contributed by atoms with E-state index in [1.807, 2.05) is 30.3 Å². The molecule has 7 heteroatoms. The minimum absolute atomic E-state index is 0.0968. The maximum Gasteiger partial charge on any atom is 0.251 e. The summed E-state index contributed by atoms with van der Waals surface area (Å²) in [5.41, 5.74) is 1.50. The van der Waals surface area contributed by atoms with Crippen LogP contribution in [0.25, 0.3) is 0 Å². The summed E-state index contributed by atoms with van der Waals surface area (Å²) in [5.74, 6) is 0.205. The Labute approximate surface area is 172 Å². The number of nitrogens with zero attached hydrogens (tertiary/aromatic N) is 1. The highest BCUT2D eigenvalue weighted by Gasteiger charge is 2.26. The number of hydrogen-bond acceptors (Lipinski definition) is 4. The second kappa shape index (κ2) is 9.52. The summed E-state index contributed by atoms with van der Waals surface area (Å²) in [6.45, 7) is 5.73. The van der Waals surface area contributed by atoms with Gasteiger partial charge in [0.15, 0.2) is 0 Å². The van der Waals surface area contributed by atoms with Gasteiger partial charge in [-0.15, -0.1) is 0 Å². The number of nitrogens with one attached hydrogen (secondary N) is 1. The first kappa shape index (κ1) is 21.5. The van der Waals surface area contributed by atoms with E-state index in [0.29, 0.717) is 37.8 Å². The molecule has 2 aromatic rings. The van der Waals surface area contributed by atoms with Crippen molar-refractivity contribution in [1.29, 1.82) is 0 Å². The number of hydrogen-bond donors (Lipinski definition) is 1. The van der Waals surface area contributed by atoms with E-state index < -0.39 is 10.0 Å². The molecule has 1 unspecified atom stereocenters. The lowest BCUT2D eigenvalue weighted by molar-refractivity contribution is 0.0730. The zero-order valence-corrected chi connectivity index (χ0v) is 17.7. The third-order valence-electron chi connectivity index (χ3n) is 4.94. The summed E-state index contributed by atoms with van der Waals surface area (Å²) >= 11 is 0. The minimum atomic E-state index is -3.56. The number of carbonyl (C=O) groups is 1. The first-order chi connectivity index (χ1) is 13.9. The summed E-state index contributed by atoms with van der Waals surface area (Å²) in [5, 5.41) is 3.09. The highest BCUT2D eigenvalue weighted by Crippen LogP contribution is 2.22. The molecule has 1 heterocycles. The number of sulfonamides is 1. The summed E-state index contributed by atoms with van der Waals surface area (Å²) < 4.78 is 32.1. The molecule has 29 heavy (non-hydrogen) atoms. The predicted molar refractivity (Wildman–Crippen MR) is 112 cm³/mol. The van der Waals surface area contributed by atoms with Crippen molar-refractivity contribution in [2.45, 2.75) is 31.2 Å². The van der Waals surface area contributed by atoms with Crippen LogP contribution in [0, 0.1) is 5.92 Å². The van der Waals surface area contributed by atoms with E-state index in [9.17, 15) is 13.2 Å². The van der Waals surface area contributed by atoms with Crippen molar-refractivity contribution >= 4 is 15.9 Å². The van der Waals surface area contributed by atoms with Gasteiger partial charge in [-0.1, -0.05) is 44.2 Å². The van der Waals surface area contributed by atoms with Crippen molar-refractivity contribution in [2.24, 2.45) is 5.92 Å². The Morgan fingerprint density at radius 2 is 1.66 bits per heavy atom. The number of ether oxygens (including phenoxy) is 1.